The first-order chi connectivity index (χ1) is 9.69. The molecule has 3 N–H and O–H groups in total. The molecule has 116 valence electrons. The lowest BCUT2D eigenvalue weighted by Crippen LogP contribution is -2.53. The van der Waals surface area contributed by atoms with E-state index in [4.69, 9.17) is 17.3 Å². The fourth-order valence-corrected chi connectivity index (χ4v) is 4.03. The Morgan fingerprint density at radius 3 is 2.62 bits per heavy atom. The van der Waals surface area contributed by atoms with E-state index in [0.29, 0.717) is 0 Å². The van der Waals surface area contributed by atoms with Crippen molar-refractivity contribution in [1.82, 2.24) is 4.72 Å². The van der Waals surface area contributed by atoms with E-state index in [-0.39, 0.29) is 17.5 Å². The van der Waals surface area contributed by atoms with Gasteiger partial charge >= 0.3 is 0 Å². The van der Waals surface area contributed by atoms with Crippen LogP contribution in [0.4, 0.5) is 5.69 Å². The van der Waals surface area contributed by atoms with E-state index in [9.17, 15) is 18.5 Å². The molecule has 2 rings (SSSR count). The van der Waals surface area contributed by atoms with Crippen LogP contribution in [0, 0.1) is 16.0 Å². The third-order valence-electron chi connectivity index (χ3n) is 3.68. The highest BCUT2D eigenvalue weighted by molar-refractivity contribution is 7.89. The number of rotatable bonds is 6. The number of nitro groups is 1. The van der Waals surface area contributed by atoms with Gasteiger partial charge in [-0.05, 0) is 37.8 Å². The monoisotopic (exact) mass is 333 g/mol. The lowest BCUT2D eigenvalue weighted by Gasteiger charge is -2.28. The topological polar surface area (TPSA) is 115 Å². The summed E-state index contributed by atoms with van der Waals surface area (Å²) in [6.45, 7) is 1.84. The number of hydrogen-bond acceptors (Lipinski definition) is 5. The van der Waals surface area contributed by atoms with Gasteiger partial charge in [-0.1, -0.05) is 11.6 Å². The van der Waals surface area contributed by atoms with Crippen LogP contribution in [0.5, 0.6) is 0 Å². The first-order valence-electron chi connectivity index (χ1n) is 6.37. The molecule has 0 bridgehead atoms. The van der Waals surface area contributed by atoms with Crippen LogP contribution in [-0.4, -0.2) is 25.4 Å². The fourth-order valence-electron chi connectivity index (χ4n) is 2.23. The molecule has 1 aliphatic rings. The third kappa shape index (κ3) is 3.34. The minimum Gasteiger partial charge on any atom is -0.329 e. The molecule has 0 aliphatic heterocycles. The average molecular weight is 334 g/mol. The number of hydrogen-bond donors (Lipinski definition) is 2. The van der Waals surface area contributed by atoms with Gasteiger partial charge < -0.3 is 5.73 Å². The molecule has 1 unspecified atom stereocenters. The summed E-state index contributed by atoms with van der Waals surface area (Å²) in [6, 6.07) is 3.46. The lowest BCUT2D eigenvalue weighted by molar-refractivity contribution is -0.387. The normalized spacial score (nSPS) is 18.2. The van der Waals surface area contributed by atoms with E-state index in [1.807, 2.05) is 0 Å². The maximum Gasteiger partial charge on any atom is 0.290 e. The summed E-state index contributed by atoms with van der Waals surface area (Å²) in [6.07, 6.45) is 1.78. The summed E-state index contributed by atoms with van der Waals surface area (Å²) in [5.41, 5.74) is 4.32. The SMILES string of the molecule is CC(CN)(NS(=O)(=O)c1ccc(Cl)cc1[N+](=O)[O-])C1CC1. The summed E-state index contributed by atoms with van der Waals surface area (Å²) in [4.78, 5) is 9.86. The van der Waals surface area contributed by atoms with Gasteiger partial charge in [0.2, 0.25) is 10.0 Å². The molecule has 1 aromatic carbocycles. The molecular formula is C12H16ClN3O4S. The average Bonchev–Trinajstić information content (AvgIpc) is 3.22. The number of nitro benzene ring substituents is 1. The smallest absolute Gasteiger partial charge is 0.290 e. The number of nitrogens with one attached hydrogen (secondary N) is 1. The fraction of sp³-hybridized carbons (Fsp3) is 0.500. The van der Waals surface area contributed by atoms with Crippen LogP contribution in [-0.2, 0) is 10.0 Å². The summed E-state index contributed by atoms with van der Waals surface area (Å²) in [5.74, 6) is 0.156. The number of nitrogens with zero attached hydrogens (tertiary/aromatic N) is 1. The first-order valence-corrected chi connectivity index (χ1v) is 8.24. The van der Waals surface area contributed by atoms with E-state index in [1.54, 1.807) is 6.92 Å². The zero-order valence-electron chi connectivity index (χ0n) is 11.4. The first kappa shape index (κ1) is 16.2. The largest absolute Gasteiger partial charge is 0.329 e. The minimum atomic E-state index is -4.06. The standard InChI is InChI=1S/C12H16ClN3O4S/c1-12(7-14,8-2-3-8)15-21(19,20)11-5-4-9(13)6-10(11)16(17)18/h4-6,8,15H,2-3,7,14H2,1H3. The molecule has 9 heteroatoms. The van der Waals surface area contributed by atoms with Crippen molar-refractivity contribution in [2.75, 3.05) is 6.54 Å². The van der Waals surface area contributed by atoms with Crippen molar-refractivity contribution in [2.24, 2.45) is 11.7 Å². The van der Waals surface area contributed by atoms with Crippen LogP contribution in [0.2, 0.25) is 5.02 Å². The van der Waals surface area contributed by atoms with Gasteiger partial charge in [0.05, 0.1) is 4.92 Å². The summed E-state index contributed by atoms with van der Waals surface area (Å²) < 4.78 is 27.4. The van der Waals surface area contributed by atoms with Gasteiger partial charge in [0, 0.05) is 23.2 Å². The predicted molar refractivity (Wildman–Crippen MR) is 78.6 cm³/mol. The molecule has 0 radical (unpaired) electrons. The van der Waals surface area contributed by atoms with Gasteiger partial charge in [-0.2, -0.15) is 0 Å². The second kappa shape index (κ2) is 5.53. The molecule has 21 heavy (non-hydrogen) atoms. The van der Waals surface area contributed by atoms with Crippen molar-refractivity contribution in [1.29, 1.82) is 0 Å². The molecule has 0 spiro atoms. The van der Waals surface area contributed by atoms with E-state index >= 15 is 0 Å². The van der Waals surface area contributed by atoms with Crippen LogP contribution in [0.1, 0.15) is 19.8 Å². The van der Waals surface area contributed by atoms with E-state index in [2.05, 4.69) is 4.72 Å². The van der Waals surface area contributed by atoms with Crippen LogP contribution in [0.3, 0.4) is 0 Å². The van der Waals surface area contributed by atoms with Crippen molar-refractivity contribution in [3.63, 3.8) is 0 Å². The zero-order valence-corrected chi connectivity index (χ0v) is 12.9. The Hall–Kier alpha value is -1.22. The summed E-state index contributed by atoms with van der Waals surface area (Å²) in [7, 11) is -4.06. The molecule has 0 heterocycles. The molecule has 7 nitrogen and oxygen atoms in total. The van der Waals surface area contributed by atoms with Gasteiger partial charge in [0.15, 0.2) is 4.90 Å². The van der Waals surface area contributed by atoms with Gasteiger partial charge in [-0.15, -0.1) is 0 Å². The van der Waals surface area contributed by atoms with Crippen molar-refractivity contribution in [3.05, 3.63) is 33.3 Å². The van der Waals surface area contributed by atoms with Crippen LogP contribution in [0.25, 0.3) is 0 Å². The maximum atomic E-state index is 12.5. The minimum absolute atomic E-state index is 0.101. The van der Waals surface area contributed by atoms with E-state index < -0.39 is 31.1 Å². The quantitative estimate of drug-likeness (QED) is 0.606. The highest BCUT2D eigenvalue weighted by Crippen LogP contribution is 2.40. The van der Waals surface area contributed by atoms with Crippen molar-refractivity contribution < 1.29 is 13.3 Å². The predicted octanol–water partition coefficient (Wildman–Crippen LogP) is 1.65. The van der Waals surface area contributed by atoms with E-state index in [1.165, 1.54) is 6.07 Å². The molecule has 1 fully saturated rings. The molecule has 1 saturated carbocycles. The molecule has 0 amide bonds. The Balaban J connectivity index is 2.42. The second-order valence-electron chi connectivity index (χ2n) is 5.37. The van der Waals surface area contributed by atoms with Crippen molar-refractivity contribution in [3.8, 4) is 0 Å². The van der Waals surface area contributed by atoms with Crippen LogP contribution >= 0.6 is 11.6 Å². The Bertz CT molecular complexity index is 675. The highest BCUT2D eigenvalue weighted by atomic mass is 35.5. The third-order valence-corrected chi connectivity index (χ3v) is 5.57. The maximum absolute atomic E-state index is 12.5. The lowest BCUT2D eigenvalue weighted by atomic mass is 9.98. The molecule has 0 aromatic heterocycles. The molecule has 1 atom stereocenters. The van der Waals surface area contributed by atoms with Crippen LogP contribution < -0.4 is 10.5 Å². The Morgan fingerprint density at radius 1 is 1.52 bits per heavy atom. The van der Waals surface area contributed by atoms with Gasteiger partial charge in [-0.25, -0.2) is 13.1 Å². The molecule has 0 saturated heterocycles. The summed E-state index contributed by atoms with van der Waals surface area (Å²) >= 11 is 5.69. The number of sulfonamides is 1. The van der Waals surface area contributed by atoms with Crippen molar-refractivity contribution >= 4 is 27.3 Å². The number of nitrogens with two attached hydrogens (primary N) is 1. The van der Waals surface area contributed by atoms with Gasteiger partial charge in [0.25, 0.3) is 5.69 Å². The molecular weight excluding hydrogens is 318 g/mol. The molecule has 1 aromatic rings. The van der Waals surface area contributed by atoms with Gasteiger partial charge in [0.1, 0.15) is 0 Å². The number of benzene rings is 1. The second-order valence-corrected chi connectivity index (χ2v) is 7.46. The zero-order chi connectivity index (χ0) is 15.8. The highest BCUT2D eigenvalue weighted by Gasteiger charge is 2.44. The summed E-state index contributed by atoms with van der Waals surface area (Å²) in [5, 5.41) is 11.1. The molecule has 1 aliphatic carbocycles. The van der Waals surface area contributed by atoms with Gasteiger partial charge in [-0.3, -0.25) is 10.1 Å². The van der Waals surface area contributed by atoms with Crippen molar-refractivity contribution in [2.45, 2.75) is 30.2 Å². The van der Waals surface area contributed by atoms with Crippen LogP contribution in [0.15, 0.2) is 23.1 Å². The Labute approximate surface area is 127 Å². The van der Waals surface area contributed by atoms with E-state index in [0.717, 1.165) is 25.0 Å². The Kier molecular flexibility index (Phi) is 4.25. The number of halogens is 1. The Morgan fingerprint density at radius 2 is 2.14 bits per heavy atom.